The van der Waals surface area contributed by atoms with Crippen molar-refractivity contribution in [3.63, 3.8) is 0 Å². The maximum absolute atomic E-state index is 13.0. The van der Waals surface area contributed by atoms with Gasteiger partial charge in [-0.15, -0.1) is 0 Å². The molecule has 1 aliphatic heterocycles. The Hall–Kier alpha value is -0.950. The minimum absolute atomic E-state index is 0.0339. The van der Waals surface area contributed by atoms with Crippen LogP contribution in [-0.4, -0.2) is 28.1 Å². The number of rotatable bonds is 4. The molecule has 0 unspecified atom stereocenters. The van der Waals surface area contributed by atoms with Gasteiger partial charge in [0, 0.05) is 13.1 Å². The Balaban J connectivity index is 2.09. The summed E-state index contributed by atoms with van der Waals surface area (Å²) < 4.78 is 39.5. The van der Waals surface area contributed by atoms with Crippen molar-refractivity contribution in [2.45, 2.75) is 11.3 Å². The minimum atomic E-state index is -3.66. The lowest BCUT2D eigenvalue weighted by Gasteiger charge is -2.14. The van der Waals surface area contributed by atoms with Gasteiger partial charge in [-0.05, 0) is 31.2 Å². The van der Waals surface area contributed by atoms with Crippen molar-refractivity contribution in [1.29, 1.82) is 0 Å². The summed E-state index contributed by atoms with van der Waals surface area (Å²) in [4.78, 5) is -0.0339. The highest BCUT2D eigenvalue weighted by Gasteiger charge is 2.16. The molecule has 1 aromatic carbocycles. The lowest BCUT2D eigenvalue weighted by atomic mass is 10.1. The van der Waals surface area contributed by atoms with Crippen LogP contribution in [0.5, 0.6) is 0 Å². The second kappa shape index (κ2) is 6.00. The van der Waals surface area contributed by atoms with E-state index in [2.05, 4.69) is 10.0 Å². The van der Waals surface area contributed by atoms with Gasteiger partial charge in [0.15, 0.2) is 0 Å². The third-order valence-electron chi connectivity index (χ3n) is 2.85. The van der Waals surface area contributed by atoms with Crippen LogP contribution >= 0.6 is 11.6 Å². The Bertz CT molecular complexity index is 602. The van der Waals surface area contributed by atoms with Crippen LogP contribution < -0.4 is 10.0 Å². The third-order valence-corrected chi connectivity index (χ3v) is 4.54. The average molecular weight is 305 g/mol. The highest BCUT2D eigenvalue weighted by Crippen LogP contribution is 2.19. The molecular weight excluding hydrogens is 291 g/mol. The van der Waals surface area contributed by atoms with Crippen LogP contribution in [0.25, 0.3) is 0 Å². The Morgan fingerprint density at radius 2 is 2.21 bits per heavy atom. The first kappa shape index (κ1) is 14.5. The van der Waals surface area contributed by atoms with Crippen LogP contribution in [-0.2, 0) is 10.0 Å². The summed E-state index contributed by atoms with van der Waals surface area (Å²) in [5.74, 6) is -0.637. The fraction of sp³-hybridized carbons (Fsp3) is 0.333. The van der Waals surface area contributed by atoms with Gasteiger partial charge in [-0.1, -0.05) is 23.3 Å². The quantitative estimate of drug-likeness (QED) is 0.832. The number of hydrogen-bond donors (Lipinski definition) is 2. The van der Waals surface area contributed by atoms with E-state index in [1.165, 1.54) is 6.07 Å². The summed E-state index contributed by atoms with van der Waals surface area (Å²) >= 11 is 5.58. The van der Waals surface area contributed by atoms with Gasteiger partial charge >= 0.3 is 0 Å². The Kier molecular flexibility index (Phi) is 4.57. The minimum Gasteiger partial charge on any atom is -0.313 e. The van der Waals surface area contributed by atoms with Crippen LogP contribution in [0, 0.1) is 5.82 Å². The van der Waals surface area contributed by atoms with Gasteiger partial charge in [0.2, 0.25) is 10.0 Å². The van der Waals surface area contributed by atoms with Crippen molar-refractivity contribution in [1.82, 2.24) is 10.0 Å². The van der Waals surface area contributed by atoms with Crippen molar-refractivity contribution in [2.24, 2.45) is 0 Å². The maximum Gasteiger partial charge on any atom is 0.240 e. The van der Waals surface area contributed by atoms with E-state index in [1.54, 1.807) is 0 Å². The second-order valence-electron chi connectivity index (χ2n) is 4.22. The third kappa shape index (κ3) is 3.76. The molecule has 0 bridgehead atoms. The van der Waals surface area contributed by atoms with Gasteiger partial charge in [-0.2, -0.15) is 0 Å². The summed E-state index contributed by atoms with van der Waals surface area (Å²) in [6.07, 6.45) is 2.77. The fourth-order valence-corrected chi connectivity index (χ4v) is 3.05. The zero-order chi connectivity index (χ0) is 13.9. The SMILES string of the molecule is O=S(=O)(NCC1=CCNCC1)c1ccc(F)c(Cl)c1. The largest absolute Gasteiger partial charge is 0.313 e. The zero-order valence-corrected chi connectivity index (χ0v) is 11.7. The van der Waals surface area contributed by atoms with Gasteiger partial charge in [0.1, 0.15) is 5.82 Å². The molecule has 1 heterocycles. The molecule has 0 amide bonds. The summed E-state index contributed by atoms with van der Waals surface area (Å²) in [5.41, 5.74) is 1.04. The second-order valence-corrected chi connectivity index (χ2v) is 6.39. The van der Waals surface area contributed by atoms with E-state index >= 15 is 0 Å². The average Bonchev–Trinajstić information content (AvgIpc) is 2.41. The first-order valence-electron chi connectivity index (χ1n) is 5.82. The summed E-state index contributed by atoms with van der Waals surface area (Å²) in [6, 6.07) is 3.34. The van der Waals surface area contributed by atoms with Gasteiger partial charge in [-0.25, -0.2) is 17.5 Å². The van der Waals surface area contributed by atoms with Gasteiger partial charge in [0.05, 0.1) is 9.92 Å². The number of hydrogen-bond acceptors (Lipinski definition) is 3. The van der Waals surface area contributed by atoms with Gasteiger partial charge < -0.3 is 5.32 Å². The topological polar surface area (TPSA) is 58.2 Å². The Labute approximate surface area is 116 Å². The van der Waals surface area contributed by atoms with Crippen LogP contribution in [0.15, 0.2) is 34.7 Å². The fourth-order valence-electron chi connectivity index (χ4n) is 1.75. The van der Waals surface area contributed by atoms with E-state index in [9.17, 15) is 12.8 Å². The van der Waals surface area contributed by atoms with Crippen LogP contribution in [0.3, 0.4) is 0 Å². The normalized spacial score (nSPS) is 16.2. The van der Waals surface area contributed by atoms with Crippen molar-refractivity contribution in [3.8, 4) is 0 Å². The predicted molar refractivity (Wildman–Crippen MR) is 72.2 cm³/mol. The van der Waals surface area contributed by atoms with Gasteiger partial charge in [0.25, 0.3) is 0 Å². The molecule has 4 nitrogen and oxygen atoms in total. The van der Waals surface area contributed by atoms with Crippen molar-refractivity contribution >= 4 is 21.6 Å². The molecule has 2 rings (SSSR count). The lowest BCUT2D eigenvalue weighted by Crippen LogP contribution is -2.29. The van der Waals surface area contributed by atoms with E-state index in [-0.39, 0.29) is 16.5 Å². The molecule has 19 heavy (non-hydrogen) atoms. The molecule has 0 saturated heterocycles. The summed E-state index contributed by atoms with van der Waals surface area (Å²) in [5, 5.41) is 2.94. The van der Waals surface area contributed by atoms with E-state index in [0.29, 0.717) is 0 Å². The molecule has 0 fully saturated rings. The highest BCUT2D eigenvalue weighted by molar-refractivity contribution is 7.89. The molecule has 0 saturated carbocycles. The maximum atomic E-state index is 13.0. The number of nitrogens with one attached hydrogen (secondary N) is 2. The zero-order valence-electron chi connectivity index (χ0n) is 10.1. The smallest absolute Gasteiger partial charge is 0.240 e. The molecule has 7 heteroatoms. The summed E-state index contributed by atoms with van der Waals surface area (Å²) in [6.45, 7) is 1.86. The van der Waals surface area contributed by atoms with Crippen molar-refractivity contribution in [2.75, 3.05) is 19.6 Å². The van der Waals surface area contributed by atoms with Crippen molar-refractivity contribution in [3.05, 3.63) is 40.7 Å². The van der Waals surface area contributed by atoms with Crippen molar-refractivity contribution < 1.29 is 12.8 Å². The number of sulfonamides is 1. The van der Waals surface area contributed by atoms with E-state index in [0.717, 1.165) is 37.2 Å². The monoisotopic (exact) mass is 304 g/mol. The Morgan fingerprint density at radius 3 is 2.84 bits per heavy atom. The summed E-state index contributed by atoms with van der Waals surface area (Å²) in [7, 11) is -3.66. The first-order chi connectivity index (χ1) is 8.99. The number of halogens is 2. The molecule has 2 N–H and O–H groups in total. The van der Waals surface area contributed by atoms with E-state index in [4.69, 9.17) is 11.6 Å². The lowest BCUT2D eigenvalue weighted by molar-refractivity contribution is 0.581. The molecule has 0 radical (unpaired) electrons. The van der Waals surface area contributed by atoms with Crippen LogP contribution in [0.2, 0.25) is 5.02 Å². The molecule has 1 aliphatic rings. The standard InChI is InChI=1S/C12H14ClFN2O2S/c13-11-7-10(1-2-12(11)14)19(17,18)16-8-9-3-5-15-6-4-9/h1-3,7,15-16H,4-6,8H2. The van der Waals surface area contributed by atoms with Gasteiger partial charge in [-0.3, -0.25) is 0 Å². The van der Waals surface area contributed by atoms with Crippen LogP contribution in [0.4, 0.5) is 4.39 Å². The molecule has 0 aliphatic carbocycles. The number of benzene rings is 1. The predicted octanol–water partition coefficient (Wildman–Crippen LogP) is 1.68. The molecule has 104 valence electrons. The van der Waals surface area contributed by atoms with Crippen LogP contribution in [0.1, 0.15) is 6.42 Å². The molecule has 1 aromatic rings. The molecule has 0 spiro atoms. The highest BCUT2D eigenvalue weighted by atomic mass is 35.5. The first-order valence-corrected chi connectivity index (χ1v) is 7.68. The molecule has 0 aromatic heterocycles. The molecule has 0 atom stereocenters. The van der Waals surface area contributed by atoms with E-state index < -0.39 is 15.8 Å². The van der Waals surface area contributed by atoms with E-state index in [1.807, 2.05) is 6.08 Å². The Morgan fingerprint density at radius 1 is 1.42 bits per heavy atom. The molecular formula is C12H14ClFN2O2S.